The number of carbonyl (C=O) groups is 1. The molecule has 0 bridgehead atoms. The molecule has 1 amide bonds. The molecule has 2 unspecified atom stereocenters. The number of carbonyl (C=O) groups excluding carboxylic acids is 1. The van der Waals surface area contributed by atoms with Gasteiger partial charge in [0.1, 0.15) is 0 Å². The number of nitrogens with two attached hydrogens (primary N) is 1. The molecular weight excluding hydrogens is 204 g/mol. The van der Waals surface area contributed by atoms with Crippen molar-refractivity contribution >= 4 is 5.91 Å². The van der Waals surface area contributed by atoms with Gasteiger partial charge in [0.25, 0.3) is 0 Å². The van der Waals surface area contributed by atoms with Crippen molar-refractivity contribution in [3.05, 3.63) is 0 Å². The maximum absolute atomic E-state index is 11.8. The SMILES string of the molecule is CCC(C)C(N)C(=O)N[C@H]1CCCC[C@@H]1O. The molecule has 0 spiro atoms. The second-order valence-electron chi connectivity index (χ2n) is 4.88. The minimum absolute atomic E-state index is 0.101. The molecule has 1 rings (SSSR count). The van der Waals surface area contributed by atoms with Gasteiger partial charge in [-0.2, -0.15) is 0 Å². The Kier molecular flexibility index (Phi) is 5.22. The molecule has 1 fully saturated rings. The van der Waals surface area contributed by atoms with E-state index in [1.807, 2.05) is 13.8 Å². The highest BCUT2D eigenvalue weighted by Crippen LogP contribution is 2.18. The Labute approximate surface area is 97.6 Å². The van der Waals surface area contributed by atoms with Gasteiger partial charge in [0.2, 0.25) is 5.91 Å². The molecule has 16 heavy (non-hydrogen) atoms. The van der Waals surface area contributed by atoms with Crippen molar-refractivity contribution in [2.45, 2.75) is 64.1 Å². The number of aliphatic hydroxyl groups excluding tert-OH is 1. The summed E-state index contributed by atoms with van der Waals surface area (Å²) in [5, 5.41) is 12.6. The maximum Gasteiger partial charge on any atom is 0.237 e. The van der Waals surface area contributed by atoms with Gasteiger partial charge in [-0.05, 0) is 18.8 Å². The Bertz CT molecular complexity index is 233. The maximum atomic E-state index is 11.8. The first kappa shape index (κ1) is 13.5. The molecule has 94 valence electrons. The van der Waals surface area contributed by atoms with E-state index in [1.165, 1.54) is 0 Å². The van der Waals surface area contributed by atoms with Gasteiger partial charge in [-0.15, -0.1) is 0 Å². The van der Waals surface area contributed by atoms with Crippen LogP contribution in [0.2, 0.25) is 0 Å². The zero-order chi connectivity index (χ0) is 12.1. The van der Waals surface area contributed by atoms with Gasteiger partial charge in [-0.3, -0.25) is 4.79 Å². The second kappa shape index (κ2) is 6.21. The molecular formula is C12H24N2O2. The summed E-state index contributed by atoms with van der Waals surface area (Å²) in [7, 11) is 0. The lowest BCUT2D eigenvalue weighted by molar-refractivity contribution is -0.125. The van der Waals surface area contributed by atoms with E-state index in [4.69, 9.17) is 5.73 Å². The largest absolute Gasteiger partial charge is 0.391 e. The minimum Gasteiger partial charge on any atom is -0.391 e. The standard InChI is InChI=1S/C12H24N2O2/c1-3-8(2)11(13)12(16)14-9-6-4-5-7-10(9)15/h8-11,15H,3-7,13H2,1-2H3,(H,14,16)/t8?,9-,10-,11?/m0/s1. The summed E-state index contributed by atoms with van der Waals surface area (Å²) < 4.78 is 0. The minimum atomic E-state index is -0.459. The van der Waals surface area contributed by atoms with E-state index in [0.29, 0.717) is 0 Å². The number of hydrogen-bond acceptors (Lipinski definition) is 3. The third-order valence-electron chi connectivity index (χ3n) is 3.62. The van der Waals surface area contributed by atoms with E-state index < -0.39 is 12.1 Å². The third-order valence-corrected chi connectivity index (χ3v) is 3.62. The Morgan fingerprint density at radius 2 is 2.12 bits per heavy atom. The molecule has 0 aromatic carbocycles. The smallest absolute Gasteiger partial charge is 0.237 e. The number of aliphatic hydroxyl groups is 1. The Morgan fingerprint density at radius 3 is 2.69 bits per heavy atom. The van der Waals surface area contributed by atoms with Crippen molar-refractivity contribution in [3.8, 4) is 0 Å². The first-order valence-electron chi connectivity index (χ1n) is 6.30. The highest BCUT2D eigenvalue weighted by Gasteiger charge is 2.27. The number of rotatable bonds is 4. The summed E-state index contributed by atoms with van der Waals surface area (Å²) in [6.45, 7) is 3.99. The van der Waals surface area contributed by atoms with Crippen LogP contribution in [0.5, 0.6) is 0 Å². The van der Waals surface area contributed by atoms with Gasteiger partial charge in [0.15, 0.2) is 0 Å². The van der Waals surface area contributed by atoms with Crippen LogP contribution in [0.4, 0.5) is 0 Å². The fourth-order valence-corrected chi connectivity index (χ4v) is 2.07. The lowest BCUT2D eigenvalue weighted by atomic mass is 9.91. The fraction of sp³-hybridized carbons (Fsp3) is 0.917. The van der Waals surface area contributed by atoms with E-state index in [0.717, 1.165) is 32.1 Å². The number of hydrogen-bond donors (Lipinski definition) is 3. The molecule has 4 heteroatoms. The predicted octanol–water partition coefficient (Wildman–Crippen LogP) is 0.779. The molecule has 0 saturated heterocycles. The molecule has 4 atom stereocenters. The Morgan fingerprint density at radius 1 is 1.50 bits per heavy atom. The van der Waals surface area contributed by atoms with Crippen molar-refractivity contribution in [2.24, 2.45) is 11.7 Å². The first-order valence-corrected chi connectivity index (χ1v) is 6.30. The lowest BCUT2D eigenvalue weighted by Gasteiger charge is -2.30. The van der Waals surface area contributed by atoms with Gasteiger partial charge in [-0.25, -0.2) is 0 Å². The van der Waals surface area contributed by atoms with Crippen LogP contribution in [0.15, 0.2) is 0 Å². The predicted molar refractivity (Wildman–Crippen MR) is 63.8 cm³/mol. The monoisotopic (exact) mass is 228 g/mol. The highest BCUT2D eigenvalue weighted by atomic mass is 16.3. The summed E-state index contributed by atoms with van der Waals surface area (Å²) in [4.78, 5) is 11.8. The van der Waals surface area contributed by atoms with Gasteiger partial charge < -0.3 is 16.2 Å². The van der Waals surface area contributed by atoms with Crippen LogP contribution in [0.1, 0.15) is 46.0 Å². The van der Waals surface area contributed by atoms with E-state index >= 15 is 0 Å². The molecule has 0 aromatic rings. The van der Waals surface area contributed by atoms with Gasteiger partial charge in [0.05, 0.1) is 18.2 Å². The van der Waals surface area contributed by atoms with Crippen LogP contribution in [0, 0.1) is 5.92 Å². The molecule has 0 heterocycles. The fourth-order valence-electron chi connectivity index (χ4n) is 2.07. The molecule has 0 aromatic heterocycles. The van der Waals surface area contributed by atoms with Crippen LogP contribution < -0.4 is 11.1 Å². The third kappa shape index (κ3) is 3.46. The van der Waals surface area contributed by atoms with Gasteiger partial charge in [0, 0.05) is 0 Å². The van der Waals surface area contributed by atoms with Crippen LogP contribution in [-0.4, -0.2) is 29.2 Å². The quantitative estimate of drug-likeness (QED) is 0.665. The second-order valence-corrected chi connectivity index (χ2v) is 4.88. The molecule has 1 saturated carbocycles. The van der Waals surface area contributed by atoms with Crippen LogP contribution >= 0.6 is 0 Å². The van der Waals surface area contributed by atoms with Crippen LogP contribution in [-0.2, 0) is 4.79 Å². The van der Waals surface area contributed by atoms with Gasteiger partial charge in [-0.1, -0.05) is 33.1 Å². The van der Waals surface area contributed by atoms with Crippen molar-refractivity contribution in [3.63, 3.8) is 0 Å². The average molecular weight is 228 g/mol. The lowest BCUT2D eigenvalue weighted by Crippen LogP contribution is -2.52. The van der Waals surface area contributed by atoms with E-state index in [2.05, 4.69) is 5.32 Å². The average Bonchev–Trinajstić information content (AvgIpc) is 2.30. The molecule has 1 aliphatic carbocycles. The Hall–Kier alpha value is -0.610. The van der Waals surface area contributed by atoms with Crippen molar-refractivity contribution in [2.75, 3.05) is 0 Å². The topological polar surface area (TPSA) is 75.4 Å². The zero-order valence-electron chi connectivity index (χ0n) is 10.3. The number of nitrogens with one attached hydrogen (secondary N) is 1. The molecule has 0 radical (unpaired) electrons. The molecule has 4 nitrogen and oxygen atoms in total. The number of amides is 1. The van der Waals surface area contributed by atoms with Crippen LogP contribution in [0.3, 0.4) is 0 Å². The van der Waals surface area contributed by atoms with Crippen molar-refractivity contribution in [1.82, 2.24) is 5.32 Å². The molecule has 4 N–H and O–H groups in total. The Balaban J connectivity index is 2.43. The van der Waals surface area contributed by atoms with Gasteiger partial charge >= 0.3 is 0 Å². The summed E-state index contributed by atoms with van der Waals surface area (Å²) in [5.41, 5.74) is 5.84. The summed E-state index contributed by atoms with van der Waals surface area (Å²) in [6, 6.07) is -0.560. The summed E-state index contributed by atoms with van der Waals surface area (Å²) in [5.74, 6) is 0.0565. The van der Waals surface area contributed by atoms with E-state index in [9.17, 15) is 9.90 Å². The van der Waals surface area contributed by atoms with Crippen LogP contribution in [0.25, 0.3) is 0 Å². The molecule has 0 aliphatic heterocycles. The molecule has 1 aliphatic rings. The van der Waals surface area contributed by atoms with E-state index in [1.54, 1.807) is 0 Å². The summed E-state index contributed by atoms with van der Waals surface area (Å²) >= 11 is 0. The normalized spacial score (nSPS) is 29.5. The van der Waals surface area contributed by atoms with Crippen molar-refractivity contribution in [1.29, 1.82) is 0 Å². The van der Waals surface area contributed by atoms with Crippen molar-refractivity contribution < 1.29 is 9.90 Å². The summed E-state index contributed by atoms with van der Waals surface area (Å²) in [6.07, 6.45) is 4.25. The first-order chi connectivity index (χ1) is 7.56. The highest BCUT2D eigenvalue weighted by molar-refractivity contribution is 5.82. The zero-order valence-corrected chi connectivity index (χ0v) is 10.3. The van der Waals surface area contributed by atoms with E-state index in [-0.39, 0.29) is 17.9 Å².